The molecule has 28 heavy (non-hydrogen) atoms. The molecule has 1 aliphatic heterocycles. The number of aromatic nitrogens is 1. The van der Waals surface area contributed by atoms with Gasteiger partial charge >= 0.3 is 7.12 Å². The van der Waals surface area contributed by atoms with Crippen molar-refractivity contribution in [2.45, 2.75) is 45.8 Å². The fourth-order valence-corrected chi connectivity index (χ4v) is 3.40. The first kappa shape index (κ1) is 18.9. The van der Waals surface area contributed by atoms with Gasteiger partial charge in [0, 0.05) is 11.1 Å². The molecule has 0 atom stereocenters. The summed E-state index contributed by atoms with van der Waals surface area (Å²) in [6.07, 6.45) is 0. The van der Waals surface area contributed by atoms with Crippen molar-refractivity contribution in [2.75, 3.05) is 0 Å². The third-order valence-electron chi connectivity index (χ3n) is 5.88. The highest BCUT2D eigenvalue weighted by molar-refractivity contribution is 6.62. The molecule has 0 radical (unpaired) electrons. The van der Waals surface area contributed by atoms with Crippen molar-refractivity contribution in [3.05, 3.63) is 72.3 Å². The second kappa shape index (κ2) is 6.87. The van der Waals surface area contributed by atoms with Crippen LogP contribution in [0.4, 0.5) is 0 Å². The van der Waals surface area contributed by atoms with E-state index < -0.39 is 0 Å². The zero-order valence-electron chi connectivity index (χ0n) is 17.2. The van der Waals surface area contributed by atoms with Crippen LogP contribution in [0.25, 0.3) is 22.5 Å². The van der Waals surface area contributed by atoms with Crippen LogP contribution in [0.2, 0.25) is 0 Å². The molecule has 1 aliphatic rings. The molecule has 3 nitrogen and oxygen atoms in total. The molecular formula is C24H26BNO2. The van der Waals surface area contributed by atoms with E-state index in [1.807, 2.05) is 24.3 Å². The van der Waals surface area contributed by atoms with Crippen LogP contribution in [0.15, 0.2) is 66.7 Å². The second-order valence-corrected chi connectivity index (χ2v) is 8.44. The molecule has 3 aromatic rings. The van der Waals surface area contributed by atoms with Gasteiger partial charge in [0.25, 0.3) is 0 Å². The lowest BCUT2D eigenvalue weighted by molar-refractivity contribution is 0.00578. The molecular weight excluding hydrogens is 345 g/mol. The van der Waals surface area contributed by atoms with Gasteiger partial charge in [0.05, 0.1) is 22.6 Å². The Morgan fingerprint density at radius 2 is 1.39 bits per heavy atom. The molecule has 0 aliphatic carbocycles. The largest absolute Gasteiger partial charge is 0.494 e. The van der Waals surface area contributed by atoms with E-state index in [0.717, 1.165) is 28.0 Å². The summed E-state index contributed by atoms with van der Waals surface area (Å²) in [5.41, 5.74) is 5.64. The smallest absolute Gasteiger partial charge is 0.399 e. The molecule has 1 saturated heterocycles. The van der Waals surface area contributed by atoms with Crippen LogP contribution in [0.5, 0.6) is 0 Å². The molecule has 1 fully saturated rings. The normalized spacial score (nSPS) is 17.7. The molecule has 0 unspecified atom stereocenters. The summed E-state index contributed by atoms with van der Waals surface area (Å²) in [6, 6.07) is 22.8. The Morgan fingerprint density at radius 1 is 0.750 bits per heavy atom. The van der Waals surface area contributed by atoms with Crippen LogP contribution in [0, 0.1) is 6.92 Å². The SMILES string of the molecule is Cc1ccc(B2OC(C)(C)C(C)(C)O2)cc1-c1cccc(-c2ccccc2)n1. The quantitative estimate of drug-likeness (QED) is 0.606. The topological polar surface area (TPSA) is 31.4 Å². The van der Waals surface area contributed by atoms with Gasteiger partial charge in [0.15, 0.2) is 0 Å². The van der Waals surface area contributed by atoms with Crippen LogP contribution in [0.3, 0.4) is 0 Å². The molecule has 2 aromatic carbocycles. The third kappa shape index (κ3) is 3.39. The van der Waals surface area contributed by atoms with Gasteiger partial charge in [0.2, 0.25) is 0 Å². The summed E-state index contributed by atoms with van der Waals surface area (Å²) in [6.45, 7) is 10.4. The molecule has 2 heterocycles. The maximum Gasteiger partial charge on any atom is 0.494 e. The fourth-order valence-electron chi connectivity index (χ4n) is 3.40. The number of aryl methyl sites for hydroxylation is 1. The van der Waals surface area contributed by atoms with Gasteiger partial charge < -0.3 is 9.31 Å². The summed E-state index contributed by atoms with van der Waals surface area (Å²) in [7, 11) is -0.373. The van der Waals surface area contributed by atoms with Crippen molar-refractivity contribution in [3.63, 3.8) is 0 Å². The van der Waals surface area contributed by atoms with Crippen molar-refractivity contribution >= 4 is 12.6 Å². The van der Waals surface area contributed by atoms with Gasteiger partial charge in [-0.3, -0.25) is 0 Å². The zero-order valence-corrected chi connectivity index (χ0v) is 17.2. The zero-order chi connectivity index (χ0) is 19.9. The molecule has 1 aromatic heterocycles. The minimum atomic E-state index is -0.373. The Kier molecular flexibility index (Phi) is 4.64. The Hall–Kier alpha value is -2.43. The first-order valence-corrected chi connectivity index (χ1v) is 9.76. The molecule has 0 N–H and O–H groups in total. The lowest BCUT2D eigenvalue weighted by atomic mass is 9.77. The predicted octanol–water partition coefficient (Wildman–Crippen LogP) is 5.02. The Balaban J connectivity index is 1.71. The van der Waals surface area contributed by atoms with Crippen molar-refractivity contribution in [1.29, 1.82) is 0 Å². The summed E-state index contributed by atoms with van der Waals surface area (Å²) >= 11 is 0. The summed E-state index contributed by atoms with van der Waals surface area (Å²) in [4.78, 5) is 4.92. The molecule has 0 saturated carbocycles. The number of hydrogen-bond acceptors (Lipinski definition) is 3. The summed E-state index contributed by atoms with van der Waals surface area (Å²) in [5, 5.41) is 0. The van der Waals surface area contributed by atoms with Crippen molar-refractivity contribution in [2.24, 2.45) is 0 Å². The molecule has 0 spiro atoms. The third-order valence-corrected chi connectivity index (χ3v) is 5.88. The van der Waals surface area contributed by atoms with E-state index in [-0.39, 0.29) is 18.3 Å². The van der Waals surface area contributed by atoms with Gasteiger partial charge in [-0.05, 0) is 57.8 Å². The van der Waals surface area contributed by atoms with Crippen LogP contribution >= 0.6 is 0 Å². The van der Waals surface area contributed by atoms with E-state index in [0.29, 0.717) is 0 Å². The van der Waals surface area contributed by atoms with Gasteiger partial charge in [0.1, 0.15) is 0 Å². The van der Waals surface area contributed by atoms with Gasteiger partial charge in [-0.15, -0.1) is 0 Å². The van der Waals surface area contributed by atoms with E-state index in [1.165, 1.54) is 5.56 Å². The Morgan fingerprint density at radius 3 is 2.07 bits per heavy atom. The minimum Gasteiger partial charge on any atom is -0.399 e. The molecule has 0 amide bonds. The number of rotatable bonds is 3. The molecule has 4 rings (SSSR count). The monoisotopic (exact) mass is 371 g/mol. The van der Waals surface area contributed by atoms with E-state index in [4.69, 9.17) is 14.3 Å². The summed E-state index contributed by atoms with van der Waals surface area (Å²) < 4.78 is 12.5. The van der Waals surface area contributed by atoms with Crippen LogP contribution in [0.1, 0.15) is 33.3 Å². The maximum atomic E-state index is 6.23. The highest BCUT2D eigenvalue weighted by Crippen LogP contribution is 2.37. The highest BCUT2D eigenvalue weighted by Gasteiger charge is 2.51. The number of nitrogens with zero attached hydrogens (tertiary/aromatic N) is 1. The Labute approximate surface area is 167 Å². The molecule has 4 heteroatoms. The standard InChI is InChI=1S/C24H26BNO2/c1-17-14-15-19(25-27-23(2,3)24(4,5)28-25)16-20(17)22-13-9-12-21(26-22)18-10-7-6-8-11-18/h6-16H,1-5H3. The van der Waals surface area contributed by atoms with Crippen LogP contribution < -0.4 is 5.46 Å². The first-order valence-electron chi connectivity index (χ1n) is 9.76. The fraction of sp³-hybridized carbons (Fsp3) is 0.292. The number of pyridine rings is 1. The van der Waals surface area contributed by atoms with Gasteiger partial charge in [-0.25, -0.2) is 4.98 Å². The minimum absolute atomic E-state index is 0.353. The van der Waals surface area contributed by atoms with Gasteiger partial charge in [-0.2, -0.15) is 0 Å². The first-order chi connectivity index (χ1) is 13.3. The van der Waals surface area contributed by atoms with E-state index in [1.54, 1.807) is 0 Å². The van der Waals surface area contributed by atoms with Crippen molar-refractivity contribution < 1.29 is 9.31 Å². The van der Waals surface area contributed by atoms with E-state index in [2.05, 4.69) is 77.1 Å². The predicted molar refractivity (Wildman–Crippen MR) is 116 cm³/mol. The number of hydrogen-bond donors (Lipinski definition) is 0. The molecule has 0 bridgehead atoms. The lowest BCUT2D eigenvalue weighted by Crippen LogP contribution is -2.41. The number of benzene rings is 2. The van der Waals surface area contributed by atoms with Crippen molar-refractivity contribution in [1.82, 2.24) is 4.98 Å². The average Bonchev–Trinajstić information content (AvgIpc) is 2.90. The average molecular weight is 371 g/mol. The van der Waals surface area contributed by atoms with Crippen LogP contribution in [-0.2, 0) is 9.31 Å². The molecule has 142 valence electrons. The van der Waals surface area contributed by atoms with E-state index >= 15 is 0 Å². The van der Waals surface area contributed by atoms with Crippen LogP contribution in [-0.4, -0.2) is 23.3 Å². The van der Waals surface area contributed by atoms with Gasteiger partial charge in [-0.1, -0.05) is 54.6 Å². The lowest BCUT2D eigenvalue weighted by Gasteiger charge is -2.32. The van der Waals surface area contributed by atoms with Crippen molar-refractivity contribution in [3.8, 4) is 22.5 Å². The highest BCUT2D eigenvalue weighted by atomic mass is 16.7. The maximum absolute atomic E-state index is 6.23. The summed E-state index contributed by atoms with van der Waals surface area (Å²) in [5.74, 6) is 0. The van der Waals surface area contributed by atoms with E-state index in [9.17, 15) is 0 Å². The Bertz CT molecular complexity index is 982. The second-order valence-electron chi connectivity index (χ2n) is 8.44.